The molecule has 1 saturated heterocycles. The Balaban J connectivity index is 1.14. The maximum Gasteiger partial charge on any atom is 0.269 e. The Hall–Kier alpha value is -4.58. The van der Waals surface area contributed by atoms with Crippen LogP contribution in [-0.2, 0) is 16.2 Å². The first kappa shape index (κ1) is 27.3. The number of methoxy groups -OCH3 is 1. The van der Waals surface area contributed by atoms with Crippen LogP contribution < -0.4 is 9.47 Å². The van der Waals surface area contributed by atoms with Crippen LogP contribution in [0.1, 0.15) is 45.2 Å². The molecule has 0 aromatic heterocycles. The lowest BCUT2D eigenvalue weighted by atomic mass is 9.55. The van der Waals surface area contributed by atoms with E-state index in [0.717, 1.165) is 36.4 Å². The second-order valence-electron chi connectivity index (χ2n) is 10.7. The fraction of sp³-hybridized carbons (Fsp3) is 0.182. The smallest absolute Gasteiger partial charge is 0.269 e. The minimum Gasteiger partial charge on any atom is -0.493 e. The minimum atomic E-state index is -0.496. The zero-order valence-corrected chi connectivity index (χ0v) is 25.0. The summed E-state index contributed by atoms with van der Waals surface area (Å²) in [4.78, 5) is 38.1. The van der Waals surface area contributed by atoms with E-state index in [-0.39, 0.29) is 35.9 Å². The fourth-order valence-electron chi connectivity index (χ4n) is 6.72. The third-order valence-corrected chi connectivity index (χ3v) is 9.33. The Labute approximate surface area is 260 Å². The second kappa shape index (κ2) is 10.6. The van der Waals surface area contributed by atoms with Crippen LogP contribution in [0.3, 0.4) is 0 Å². The van der Waals surface area contributed by atoms with Gasteiger partial charge in [-0.3, -0.25) is 19.7 Å². The summed E-state index contributed by atoms with van der Waals surface area (Å²) in [6, 6.07) is 25.9. The molecule has 43 heavy (non-hydrogen) atoms. The first-order valence-corrected chi connectivity index (χ1v) is 14.8. The standard InChI is InChI=1S/C33H24IN3O6/c1-42-26-15-19(14-25(34)31(26)43-17-18-10-12-20(13-11-18)37(40)41)16-35-36-32(38)29-27-21-6-2-3-7-22(21)28(30(29)33(36)39)24-9-5-4-8-23(24)27/h2-16,27-30H,17H2,1H3/b35-16-/t27?,28?,29-,30-/m0/s1. The molecular formula is C33H24IN3O6. The fourth-order valence-corrected chi connectivity index (χ4v) is 7.50. The van der Waals surface area contributed by atoms with Gasteiger partial charge in [0.25, 0.3) is 17.5 Å². The number of benzene rings is 4. The number of nitrogens with zero attached hydrogens (tertiary/aromatic N) is 3. The number of nitro groups is 1. The lowest BCUT2D eigenvalue weighted by Crippen LogP contribution is -2.41. The molecule has 0 spiro atoms. The van der Waals surface area contributed by atoms with E-state index >= 15 is 0 Å². The Morgan fingerprint density at radius 3 is 1.91 bits per heavy atom. The average molecular weight is 685 g/mol. The van der Waals surface area contributed by atoms with Crippen molar-refractivity contribution in [2.45, 2.75) is 18.4 Å². The van der Waals surface area contributed by atoms with Crippen molar-refractivity contribution < 1.29 is 24.0 Å². The quantitative estimate of drug-likeness (QED) is 0.0775. The van der Waals surface area contributed by atoms with E-state index in [1.165, 1.54) is 25.5 Å². The van der Waals surface area contributed by atoms with Gasteiger partial charge in [-0.1, -0.05) is 48.5 Å². The number of hydrazone groups is 1. The zero-order valence-electron chi connectivity index (χ0n) is 22.8. The molecule has 0 saturated carbocycles. The van der Waals surface area contributed by atoms with Gasteiger partial charge in [-0.2, -0.15) is 10.1 Å². The maximum absolute atomic E-state index is 13.8. The van der Waals surface area contributed by atoms with Crippen LogP contribution in [0.15, 0.2) is 90.0 Å². The van der Waals surface area contributed by atoms with Crippen molar-refractivity contribution in [1.29, 1.82) is 0 Å². The van der Waals surface area contributed by atoms with Gasteiger partial charge >= 0.3 is 0 Å². The van der Waals surface area contributed by atoms with E-state index in [4.69, 9.17) is 9.47 Å². The minimum absolute atomic E-state index is 0.00972. The number of rotatable bonds is 7. The normalized spacial score (nSPS) is 21.5. The molecule has 4 aromatic carbocycles. The van der Waals surface area contributed by atoms with Crippen LogP contribution in [0.5, 0.6) is 11.5 Å². The van der Waals surface area contributed by atoms with Gasteiger partial charge in [-0.25, -0.2) is 0 Å². The summed E-state index contributed by atoms with van der Waals surface area (Å²) < 4.78 is 12.3. The summed E-state index contributed by atoms with van der Waals surface area (Å²) >= 11 is 2.13. The van der Waals surface area contributed by atoms with E-state index in [0.29, 0.717) is 17.1 Å². The number of imide groups is 1. The SMILES string of the molecule is COc1cc(/C=N\N2C(=O)[C@H]3C4c5ccccc5C(c5ccccc54)[C@@H]3C2=O)cc(I)c1OCc1ccc([N+](=O)[O-])cc1. The molecule has 4 aromatic rings. The number of hydrogen-bond acceptors (Lipinski definition) is 7. The van der Waals surface area contributed by atoms with Crippen LogP contribution in [0, 0.1) is 25.5 Å². The molecule has 1 heterocycles. The molecule has 3 aliphatic carbocycles. The monoisotopic (exact) mass is 685 g/mol. The van der Waals surface area contributed by atoms with Crippen LogP contribution in [0.4, 0.5) is 5.69 Å². The predicted octanol–water partition coefficient (Wildman–Crippen LogP) is 6.01. The molecule has 2 amide bonds. The molecule has 4 aliphatic rings. The van der Waals surface area contributed by atoms with Crippen LogP contribution in [-0.4, -0.2) is 35.1 Å². The largest absolute Gasteiger partial charge is 0.493 e. The number of amides is 2. The van der Waals surface area contributed by atoms with Gasteiger partial charge in [0.05, 0.1) is 33.7 Å². The molecule has 0 radical (unpaired) electrons. The predicted molar refractivity (Wildman–Crippen MR) is 166 cm³/mol. The highest BCUT2D eigenvalue weighted by atomic mass is 127. The van der Waals surface area contributed by atoms with Crippen molar-refractivity contribution in [3.05, 3.63) is 132 Å². The van der Waals surface area contributed by atoms with Gasteiger partial charge in [-0.05, 0) is 80.2 Å². The van der Waals surface area contributed by atoms with Crippen molar-refractivity contribution in [2.75, 3.05) is 7.11 Å². The highest BCUT2D eigenvalue weighted by molar-refractivity contribution is 14.1. The number of carbonyl (C=O) groups is 2. The van der Waals surface area contributed by atoms with Crippen molar-refractivity contribution in [1.82, 2.24) is 5.01 Å². The molecule has 1 aliphatic heterocycles. The van der Waals surface area contributed by atoms with Crippen molar-refractivity contribution >= 4 is 46.3 Å². The second-order valence-corrected chi connectivity index (χ2v) is 11.9. The summed E-state index contributed by atoms with van der Waals surface area (Å²) in [6.07, 6.45) is 1.50. The first-order chi connectivity index (χ1) is 20.9. The number of ether oxygens (including phenoxy) is 2. The molecule has 9 nitrogen and oxygen atoms in total. The number of non-ortho nitro benzene ring substituents is 1. The van der Waals surface area contributed by atoms with Gasteiger partial charge < -0.3 is 9.47 Å². The summed E-state index contributed by atoms with van der Waals surface area (Å²) in [6.45, 7) is 0.185. The van der Waals surface area contributed by atoms with Gasteiger partial charge in [0.15, 0.2) is 11.5 Å². The van der Waals surface area contributed by atoms with E-state index in [2.05, 4.69) is 52.0 Å². The third kappa shape index (κ3) is 4.39. The van der Waals surface area contributed by atoms with E-state index < -0.39 is 16.8 Å². The van der Waals surface area contributed by atoms with Gasteiger partial charge in [0, 0.05) is 24.0 Å². The third-order valence-electron chi connectivity index (χ3n) is 8.53. The Bertz CT molecular complexity index is 1720. The van der Waals surface area contributed by atoms with E-state index in [1.807, 2.05) is 30.3 Å². The summed E-state index contributed by atoms with van der Waals surface area (Å²) in [7, 11) is 1.52. The summed E-state index contributed by atoms with van der Waals surface area (Å²) in [5.41, 5.74) is 5.86. The Morgan fingerprint density at radius 2 is 1.42 bits per heavy atom. The Kier molecular flexibility index (Phi) is 6.72. The van der Waals surface area contributed by atoms with Crippen molar-refractivity contribution in [3.63, 3.8) is 0 Å². The topological polar surface area (TPSA) is 111 Å². The van der Waals surface area contributed by atoms with Crippen molar-refractivity contribution in [3.8, 4) is 11.5 Å². The summed E-state index contributed by atoms with van der Waals surface area (Å²) in [5.74, 6) is -0.977. The molecule has 2 bridgehead atoms. The molecule has 214 valence electrons. The van der Waals surface area contributed by atoms with Crippen LogP contribution in [0.2, 0.25) is 0 Å². The highest BCUT2D eigenvalue weighted by Crippen LogP contribution is 2.61. The number of carbonyl (C=O) groups excluding carboxylic acids is 2. The molecule has 0 unspecified atom stereocenters. The van der Waals surface area contributed by atoms with E-state index in [9.17, 15) is 19.7 Å². The zero-order chi connectivity index (χ0) is 29.8. The van der Waals surface area contributed by atoms with Crippen LogP contribution >= 0.6 is 22.6 Å². The lowest BCUT2D eigenvalue weighted by molar-refractivity contribution is -0.384. The van der Waals surface area contributed by atoms with Gasteiger partial charge in [0.2, 0.25) is 0 Å². The Morgan fingerprint density at radius 1 is 0.884 bits per heavy atom. The van der Waals surface area contributed by atoms with Crippen LogP contribution in [0.25, 0.3) is 0 Å². The van der Waals surface area contributed by atoms with Gasteiger partial charge in [0.1, 0.15) is 6.61 Å². The van der Waals surface area contributed by atoms with Gasteiger partial charge in [-0.15, -0.1) is 0 Å². The summed E-state index contributed by atoms with van der Waals surface area (Å²) in [5, 5.41) is 16.4. The molecule has 0 N–H and O–H groups in total. The number of hydrogen-bond donors (Lipinski definition) is 0. The average Bonchev–Trinajstić information content (AvgIpc) is 3.28. The lowest BCUT2D eigenvalue weighted by Gasteiger charge is -2.45. The molecule has 10 heteroatoms. The van der Waals surface area contributed by atoms with E-state index in [1.54, 1.807) is 18.2 Å². The number of nitro benzene ring substituents is 1. The molecule has 2 atom stereocenters. The van der Waals surface area contributed by atoms with Crippen molar-refractivity contribution in [2.24, 2.45) is 16.9 Å². The molecule has 1 fully saturated rings. The first-order valence-electron chi connectivity index (χ1n) is 13.7. The number of halogens is 1. The molecule has 8 rings (SSSR count). The molecular weight excluding hydrogens is 661 g/mol. The maximum atomic E-state index is 13.8. The highest BCUT2D eigenvalue weighted by Gasteiger charge is 2.61.